The van der Waals surface area contributed by atoms with Crippen molar-refractivity contribution in [3.63, 3.8) is 0 Å². The molecule has 0 amide bonds. The van der Waals surface area contributed by atoms with Crippen LogP contribution in [-0.2, 0) is 10.0 Å². The number of anilines is 3. The highest BCUT2D eigenvalue weighted by atomic mass is 32.2. The number of fused-ring (bicyclic) bond motifs is 1. The van der Waals surface area contributed by atoms with Crippen molar-refractivity contribution < 1.29 is 17.9 Å². The van der Waals surface area contributed by atoms with Crippen molar-refractivity contribution in [1.29, 1.82) is 0 Å². The van der Waals surface area contributed by atoms with Crippen LogP contribution in [0.2, 0.25) is 0 Å². The number of sulfonamides is 1. The largest absolute Gasteiger partial charge is 0.454 e. The molecule has 6 nitrogen and oxygen atoms in total. The minimum Gasteiger partial charge on any atom is -0.454 e. The predicted octanol–water partition coefficient (Wildman–Crippen LogP) is 4.58. The van der Waals surface area contributed by atoms with Crippen molar-refractivity contribution in [2.45, 2.75) is 18.7 Å². The molecule has 0 saturated heterocycles. The van der Waals surface area contributed by atoms with E-state index in [0.717, 1.165) is 28.3 Å². The molecule has 0 bridgehead atoms. The Bertz CT molecular complexity index is 1130. The third kappa shape index (κ3) is 3.75. The highest BCUT2D eigenvalue weighted by Gasteiger charge is 2.15. The van der Waals surface area contributed by atoms with Crippen molar-refractivity contribution in [2.75, 3.05) is 16.8 Å². The molecule has 1 aliphatic rings. The fourth-order valence-corrected chi connectivity index (χ4v) is 4.00. The maximum absolute atomic E-state index is 12.6. The van der Waals surface area contributed by atoms with Gasteiger partial charge in [0.15, 0.2) is 11.5 Å². The van der Waals surface area contributed by atoms with Gasteiger partial charge in [0.05, 0.1) is 4.90 Å². The molecule has 0 aliphatic carbocycles. The van der Waals surface area contributed by atoms with Gasteiger partial charge in [-0.2, -0.15) is 0 Å². The third-order valence-corrected chi connectivity index (χ3v) is 5.97. The molecule has 3 aromatic rings. The standard InChI is InChI=1S/C21H20N2O4S/c1-14-3-9-19(11-15(14)2)28(24,25)23-17-6-4-16(5-7-17)22-18-8-10-20-21(12-18)27-13-26-20/h3-12,22-23H,13H2,1-2H3. The average molecular weight is 396 g/mol. The van der Waals surface area contributed by atoms with Crippen LogP contribution in [0.4, 0.5) is 17.1 Å². The molecule has 1 aliphatic heterocycles. The van der Waals surface area contributed by atoms with Gasteiger partial charge in [-0.15, -0.1) is 0 Å². The van der Waals surface area contributed by atoms with Gasteiger partial charge in [0.2, 0.25) is 6.79 Å². The quantitative estimate of drug-likeness (QED) is 0.660. The molecule has 7 heteroatoms. The van der Waals surface area contributed by atoms with E-state index in [1.165, 1.54) is 0 Å². The minimum atomic E-state index is -3.63. The molecule has 144 valence electrons. The van der Waals surface area contributed by atoms with Crippen LogP contribution >= 0.6 is 0 Å². The smallest absolute Gasteiger partial charge is 0.261 e. The molecule has 28 heavy (non-hydrogen) atoms. The van der Waals surface area contributed by atoms with E-state index in [-0.39, 0.29) is 11.7 Å². The second kappa shape index (κ2) is 7.09. The number of hydrogen-bond donors (Lipinski definition) is 2. The minimum absolute atomic E-state index is 0.230. The van der Waals surface area contributed by atoms with Gasteiger partial charge in [0.1, 0.15) is 0 Å². The fourth-order valence-electron chi connectivity index (χ4n) is 2.86. The van der Waals surface area contributed by atoms with Crippen LogP contribution in [0, 0.1) is 13.8 Å². The summed E-state index contributed by atoms with van der Waals surface area (Å²) in [6, 6.07) is 17.7. The molecular formula is C21H20N2O4S. The van der Waals surface area contributed by atoms with Crippen molar-refractivity contribution in [2.24, 2.45) is 0 Å². The summed E-state index contributed by atoms with van der Waals surface area (Å²) in [4.78, 5) is 0.248. The predicted molar refractivity (Wildman–Crippen MR) is 109 cm³/mol. The first-order valence-corrected chi connectivity index (χ1v) is 10.3. The number of aryl methyl sites for hydroxylation is 2. The zero-order valence-electron chi connectivity index (χ0n) is 15.5. The first kappa shape index (κ1) is 18.2. The van der Waals surface area contributed by atoms with Crippen molar-refractivity contribution >= 4 is 27.1 Å². The molecule has 0 atom stereocenters. The van der Waals surface area contributed by atoms with Gasteiger partial charge in [-0.25, -0.2) is 8.42 Å². The number of nitrogens with one attached hydrogen (secondary N) is 2. The Morgan fingerprint density at radius 2 is 1.43 bits per heavy atom. The van der Waals surface area contributed by atoms with E-state index in [4.69, 9.17) is 9.47 Å². The summed E-state index contributed by atoms with van der Waals surface area (Å²) in [6.45, 7) is 4.07. The SMILES string of the molecule is Cc1ccc(S(=O)(=O)Nc2ccc(Nc3ccc4c(c3)OCO4)cc2)cc1C. The lowest BCUT2D eigenvalue weighted by Crippen LogP contribution is -2.13. The Labute approximate surface area is 164 Å². The van der Waals surface area contributed by atoms with Gasteiger partial charge in [-0.1, -0.05) is 6.07 Å². The molecule has 4 rings (SSSR count). The van der Waals surface area contributed by atoms with E-state index in [0.29, 0.717) is 11.4 Å². The first-order valence-electron chi connectivity index (χ1n) is 8.77. The van der Waals surface area contributed by atoms with E-state index >= 15 is 0 Å². The number of hydrogen-bond acceptors (Lipinski definition) is 5. The topological polar surface area (TPSA) is 76.7 Å². The van der Waals surface area contributed by atoms with Gasteiger partial charge in [0.25, 0.3) is 10.0 Å². The molecule has 0 aromatic heterocycles. The maximum Gasteiger partial charge on any atom is 0.261 e. The Morgan fingerprint density at radius 1 is 0.750 bits per heavy atom. The number of rotatable bonds is 5. The van der Waals surface area contributed by atoms with Gasteiger partial charge in [-0.3, -0.25) is 4.72 Å². The van der Waals surface area contributed by atoms with E-state index in [1.807, 2.05) is 50.2 Å². The normalized spacial score (nSPS) is 12.6. The fraction of sp³-hybridized carbons (Fsp3) is 0.143. The lowest BCUT2D eigenvalue weighted by atomic mass is 10.1. The monoisotopic (exact) mass is 396 g/mol. The van der Waals surface area contributed by atoms with Crippen LogP contribution in [0.5, 0.6) is 11.5 Å². The molecule has 3 aromatic carbocycles. The Kier molecular flexibility index (Phi) is 4.60. The van der Waals surface area contributed by atoms with Crippen molar-refractivity contribution in [3.8, 4) is 11.5 Å². The van der Waals surface area contributed by atoms with Gasteiger partial charge in [-0.05, 0) is 73.5 Å². The summed E-state index contributed by atoms with van der Waals surface area (Å²) in [5.74, 6) is 1.42. The zero-order chi connectivity index (χ0) is 19.7. The highest BCUT2D eigenvalue weighted by molar-refractivity contribution is 7.92. The van der Waals surface area contributed by atoms with Crippen LogP contribution in [0.3, 0.4) is 0 Å². The number of benzene rings is 3. The molecule has 0 spiro atoms. The van der Waals surface area contributed by atoms with Gasteiger partial charge >= 0.3 is 0 Å². The molecule has 0 fully saturated rings. The van der Waals surface area contributed by atoms with Crippen LogP contribution < -0.4 is 19.5 Å². The molecular weight excluding hydrogens is 376 g/mol. The van der Waals surface area contributed by atoms with Crippen LogP contribution in [0.1, 0.15) is 11.1 Å². The third-order valence-electron chi connectivity index (χ3n) is 4.59. The van der Waals surface area contributed by atoms with E-state index < -0.39 is 10.0 Å². The molecule has 0 saturated carbocycles. The highest BCUT2D eigenvalue weighted by Crippen LogP contribution is 2.35. The molecule has 0 radical (unpaired) electrons. The number of ether oxygens (including phenoxy) is 2. The summed E-state index contributed by atoms with van der Waals surface area (Å²) in [5.41, 5.74) is 4.17. The summed E-state index contributed by atoms with van der Waals surface area (Å²) in [6.07, 6.45) is 0. The lowest BCUT2D eigenvalue weighted by molar-refractivity contribution is 0.174. The van der Waals surface area contributed by atoms with Crippen LogP contribution in [-0.4, -0.2) is 15.2 Å². The Morgan fingerprint density at radius 3 is 2.18 bits per heavy atom. The van der Waals surface area contributed by atoms with E-state index in [1.54, 1.807) is 24.3 Å². The van der Waals surface area contributed by atoms with Crippen molar-refractivity contribution in [3.05, 3.63) is 71.8 Å². The average Bonchev–Trinajstić information content (AvgIpc) is 3.13. The lowest BCUT2D eigenvalue weighted by Gasteiger charge is -2.11. The Balaban J connectivity index is 1.47. The van der Waals surface area contributed by atoms with Crippen LogP contribution in [0.25, 0.3) is 0 Å². The van der Waals surface area contributed by atoms with E-state index in [9.17, 15) is 8.42 Å². The van der Waals surface area contributed by atoms with Gasteiger partial charge < -0.3 is 14.8 Å². The summed E-state index contributed by atoms with van der Waals surface area (Å²) >= 11 is 0. The summed E-state index contributed by atoms with van der Waals surface area (Å²) in [5, 5.41) is 3.26. The van der Waals surface area contributed by atoms with E-state index in [2.05, 4.69) is 10.0 Å². The zero-order valence-corrected chi connectivity index (χ0v) is 16.3. The Hall–Kier alpha value is -3.19. The first-order chi connectivity index (χ1) is 13.4. The van der Waals surface area contributed by atoms with Crippen molar-refractivity contribution in [1.82, 2.24) is 0 Å². The molecule has 2 N–H and O–H groups in total. The second-order valence-corrected chi connectivity index (χ2v) is 8.30. The van der Waals surface area contributed by atoms with Crippen LogP contribution in [0.15, 0.2) is 65.6 Å². The second-order valence-electron chi connectivity index (χ2n) is 6.62. The molecule has 1 heterocycles. The maximum atomic E-state index is 12.6. The summed E-state index contributed by atoms with van der Waals surface area (Å²) in [7, 11) is -3.63. The molecule has 0 unspecified atom stereocenters. The van der Waals surface area contributed by atoms with Gasteiger partial charge in [0, 0.05) is 23.1 Å². The summed E-state index contributed by atoms with van der Waals surface area (Å²) < 4.78 is 38.5.